The molecule has 9 aromatic rings. The van der Waals surface area contributed by atoms with E-state index in [1.807, 2.05) is 36.4 Å². The van der Waals surface area contributed by atoms with Crippen LogP contribution in [0.2, 0.25) is 0 Å². The second-order valence-electron chi connectivity index (χ2n) is 13.9. The quantitative estimate of drug-likeness (QED) is 0.187. The van der Waals surface area contributed by atoms with Gasteiger partial charge in [-0.3, -0.25) is 0 Å². The first-order chi connectivity index (χ1) is 26.3. The third-order valence-corrected chi connectivity index (χ3v) is 11.2. The molecular formula is C50H31N3. The molecule has 1 aromatic heterocycles. The Morgan fingerprint density at radius 3 is 1.34 bits per heavy atom. The zero-order valence-electron chi connectivity index (χ0n) is 28.7. The van der Waals surface area contributed by atoms with Crippen molar-refractivity contribution in [2.75, 3.05) is 0 Å². The first-order valence-electron chi connectivity index (χ1n) is 18.1. The Kier molecular flexibility index (Phi) is 6.47. The minimum atomic E-state index is -0.430. The SMILES string of the molecule is c1ccc(-c2nc(-c3ccccc3)nc(-c3c(-c4ccc5c(c4)C4(c6ccccc6-c6ccccc64)c4ccccc4-5)ccc4ccccc34)n2)cc1. The number of hydrogen-bond donors (Lipinski definition) is 0. The predicted octanol–water partition coefficient (Wildman–Crippen LogP) is 12.0. The number of benzene rings is 8. The topological polar surface area (TPSA) is 38.7 Å². The van der Waals surface area contributed by atoms with Gasteiger partial charge in [-0.15, -0.1) is 0 Å². The van der Waals surface area contributed by atoms with Crippen molar-refractivity contribution in [2.24, 2.45) is 0 Å². The van der Waals surface area contributed by atoms with Crippen LogP contribution >= 0.6 is 0 Å². The van der Waals surface area contributed by atoms with Gasteiger partial charge in [0.05, 0.1) is 5.41 Å². The monoisotopic (exact) mass is 673 g/mol. The summed E-state index contributed by atoms with van der Waals surface area (Å²) >= 11 is 0. The Balaban J connectivity index is 1.20. The lowest BCUT2D eigenvalue weighted by Crippen LogP contribution is -2.25. The van der Waals surface area contributed by atoms with Crippen LogP contribution < -0.4 is 0 Å². The lowest BCUT2D eigenvalue weighted by molar-refractivity contribution is 0.794. The zero-order valence-corrected chi connectivity index (χ0v) is 28.7. The maximum absolute atomic E-state index is 5.25. The smallest absolute Gasteiger partial charge is 0.165 e. The highest BCUT2D eigenvalue weighted by Crippen LogP contribution is 2.63. The molecule has 0 N–H and O–H groups in total. The Labute approximate surface area is 308 Å². The summed E-state index contributed by atoms with van der Waals surface area (Å²) in [7, 11) is 0. The van der Waals surface area contributed by atoms with Crippen molar-refractivity contribution in [1.82, 2.24) is 15.0 Å². The largest absolute Gasteiger partial charge is 0.208 e. The molecule has 0 unspecified atom stereocenters. The molecule has 2 aliphatic rings. The van der Waals surface area contributed by atoms with E-state index < -0.39 is 5.41 Å². The van der Waals surface area contributed by atoms with E-state index in [1.54, 1.807) is 0 Å². The number of fused-ring (bicyclic) bond motifs is 11. The van der Waals surface area contributed by atoms with E-state index in [-0.39, 0.29) is 0 Å². The summed E-state index contributed by atoms with van der Waals surface area (Å²) in [5, 5.41) is 2.24. The maximum Gasteiger partial charge on any atom is 0.165 e. The van der Waals surface area contributed by atoms with Crippen LogP contribution in [-0.4, -0.2) is 15.0 Å². The van der Waals surface area contributed by atoms with Gasteiger partial charge in [0.15, 0.2) is 17.5 Å². The average Bonchev–Trinajstić information content (AvgIpc) is 3.71. The summed E-state index contributed by atoms with van der Waals surface area (Å²) in [5.74, 6) is 1.95. The summed E-state index contributed by atoms with van der Waals surface area (Å²) in [4.78, 5) is 15.5. The van der Waals surface area contributed by atoms with E-state index in [4.69, 9.17) is 15.0 Å². The molecule has 11 rings (SSSR count). The Hall–Kier alpha value is -6.97. The van der Waals surface area contributed by atoms with Crippen molar-refractivity contribution in [3.63, 3.8) is 0 Å². The van der Waals surface area contributed by atoms with Gasteiger partial charge < -0.3 is 0 Å². The summed E-state index contributed by atoms with van der Waals surface area (Å²) in [6.45, 7) is 0. The Bertz CT molecular complexity index is 2770. The van der Waals surface area contributed by atoms with Gasteiger partial charge in [-0.25, -0.2) is 15.0 Å². The molecule has 0 radical (unpaired) electrons. The summed E-state index contributed by atoms with van der Waals surface area (Å²) < 4.78 is 0. The molecule has 3 heteroatoms. The second kappa shape index (κ2) is 11.5. The molecule has 246 valence electrons. The van der Waals surface area contributed by atoms with Gasteiger partial charge in [0.2, 0.25) is 0 Å². The fourth-order valence-electron chi connectivity index (χ4n) is 8.94. The maximum atomic E-state index is 5.25. The molecule has 0 fully saturated rings. The van der Waals surface area contributed by atoms with E-state index in [0.29, 0.717) is 17.5 Å². The Morgan fingerprint density at radius 2 is 0.755 bits per heavy atom. The van der Waals surface area contributed by atoms with Crippen molar-refractivity contribution in [3.05, 3.63) is 210 Å². The second-order valence-corrected chi connectivity index (χ2v) is 13.9. The summed E-state index contributed by atoms with van der Waals surface area (Å²) in [6.07, 6.45) is 0. The van der Waals surface area contributed by atoms with Gasteiger partial charge in [0.1, 0.15) is 0 Å². The molecule has 1 spiro atoms. The molecule has 2 aliphatic carbocycles. The first kappa shape index (κ1) is 29.7. The molecule has 0 saturated carbocycles. The third kappa shape index (κ3) is 4.31. The zero-order chi connectivity index (χ0) is 34.9. The molecule has 0 atom stereocenters. The number of rotatable bonds is 4. The van der Waals surface area contributed by atoms with Crippen LogP contribution in [0.4, 0.5) is 0 Å². The van der Waals surface area contributed by atoms with Crippen molar-refractivity contribution in [1.29, 1.82) is 0 Å². The Morgan fingerprint density at radius 1 is 0.302 bits per heavy atom. The van der Waals surface area contributed by atoms with Gasteiger partial charge in [0.25, 0.3) is 0 Å². The molecule has 8 aromatic carbocycles. The van der Waals surface area contributed by atoms with Crippen LogP contribution in [0.3, 0.4) is 0 Å². The fourth-order valence-corrected chi connectivity index (χ4v) is 8.94. The van der Waals surface area contributed by atoms with Gasteiger partial charge in [-0.2, -0.15) is 0 Å². The average molecular weight is 674 g/mol. The minimum Gasteiger partial charge on any atom is -0.208 e. The highest BCUT2D eigenvalue weighted by molar-refractivity contribution is 6.04. The minimum absolute atomic E-state index is 0.430. The molecule has 0 amide bonds. The number of nitrogens with zero attached hydrogens (tertiary/aromatic N) is 3. The van der Waals surface area contributed by atoms with E-state index in [9.17, 15) is 0 Å². The van der Waals surface area contributed by atoms with Crippen molar-refractivity contribution < 1.29 is 0 Å². The summed E-state index contributed by atoms with van der Waals surface area (Å²) in [6, 6.07) is 67.4. The van der Waals surface area contributed by atoms with Gasteiger partial charge >= 0.3 is 0 Å². The fraction of sp³-hybridized carbons (Fsp3) is 0.0200. The van der Waals surface area contributed by atoms with Crippen LogP contribution in [0, 0.1) is 0 Å². The number of aromatic nitrogens is 3. The van der Waals surface area contributed by atoms with Crippen LogP contribution in [0.25, 0.3) is 78.3 Å². The normalized spacial score (nSPS) is 13.1. The van der Waals surface area contributed by atoms with E-state index in [2.05, 4.69) is 152 Å². The first-order valence-corrected chi connectivity index (χ1v) is 18.1. The highest BCUT2D eigenvalue weighted by atomic mass is 15.0. The predicted molar refractivity (Wildman–Crippen MR) is 215 cm³/mol. The van der Waals surface area contributed by atoms with Crippen LogP contribution in [0.5, 0.6) is 0 Å². The van der Waals surface area contributed by atoms with Crippen LogP contribution in [-0.2, 0) is 5.41 Å². The molecule has 1 heterocycles. The van der Waals surface area contributed by atoms with E-state index in [1.165, 1.54) is 44.5 Å². The van der Waals surface area contributed by atoms with Crippen LogP contribution in [0.15, 0.2) is 188 Å². The van der Waals surface area contributed by atoms with Crippen molar-refractivity contribution in [3.8, 4) is 67.5 Å². The summed E-state index contributed by atoms with van der Waals surface area (Å²) in [5.41, 5.74) is 15.1. The van der Waals surface area contributed by atoms with Crippen molar-refractivity contribution in [2.45, 2.75) is 5.41 Å². The molecule has 0 bridgehead atoms. The molecule has 53 heavy (non-hydrogen) atoms. The molecule has 0 saturated heterocycles. The molecule has 3 nitrogen and oxygen atoms in total. The molecule has 0 aliphatic heterocycles. The number of hydrogen-bond acceptors (Lipinski definition) is 3. The standard InChI is InChI=1S/C50H31N3/c1-3-16-33(17-4-1)47-51-48(34-18-5-2-6-19-34)53-49(52-47)46-36-20-8-7-15-32(36)27-29-37(46)35-28-30-41-40-23-11-14-26-44(40)50(45(41)31-35)42-24-12-9-21-38(42)39-22-10-13-25-43(39)50/h1-31H. The van der Waals surface area contributed by atoms with Gasteiger partial charge in [-0.1, -0.05) is 182 Å². The van der Waals surface area contributed by atoms with Gasteiger partial charge in [0, 0.05) is 16.7 Å². The molecular weight excluding hydrogens is 643 g/mol. The lowest BCUT2D eigenvalue weighted by Gasteiger charge is -2.30. The van der Waals surface area contributed by atoms with Crippen molar-refractivity contribution >= 4 is 10.8 Å². The van der Waals surface area contributed by atoms with E-state index >= 15 is 0 Å². The lowest BCUT2D eigenvalue weighted by atomic mass is 9.70. The van der Waals surface area contributed by atoms with E-state index in [0.717, 1.165) is 38.6 Å². The van der Waals surface area contributed by atoms with Crippen LogP contribution in [0.1, 0.15) is 22.3 Å². The highest BCUT2D eigenvalue weighted by Gasteiger charge is 2.51. The van der Waals surface area contributed by atoms with Gasteiger partial charge in [-0.05, 0) is 72.5 Å². The third-order valence-electron chi connectivity index (χ3n) is 11.2.